The van der Waals surface area contributed by atoms with Gasteiger partial charge in [-0.2, -0.15) is 0 Å². The van der Waals surface area contributed by atoms with Crippen molar-refractivity contribution >= 4 is 18.0 Å². The number of carbonyl (C=O) groups is 3. The minimum Gasteiger partial charge on any atom is -0.481 e. The van der Waals surface area contributed by atoms with Crippen molar-refractivity contribution in [1.82, 2.24) is 10.6 Å². The van der Waals surface area contributed by atoms with Gasteiger partial charge >= 0.3 is 18.0 Å². The molecule has 3 unspecified atom stereocenters. The lowest BCUT2D eigenvalue weighted by molar-refractivity contribution is -0.145. The van der Waals surface area contributed by atoms with Gasteiger partial charge in [-0.3, -0.25) is 4.79 Å². The highest BCUT2D eigenvalue weighted by atomic mass is 16.4. The third kappa shape index (κ3) is 5.46. The van der Waals surface area contributed by atoms with Gasteiger partial charge in [0.15, 0.2) is 0 Å². The van der Waals surface area contributed by atoms with E-state index in [2.05, 4.69) is 17.6 Å². The number of nitrogens with one attached hydrogen (secondary N) is 2. The van der Waals surface area contributed by atoms with Crippen LogP contribution >= 0.6 is 0 Å². The van der Waals surface area contributed by atoms with E-state index < -0.39 is 30.4 Å². The Bertz CT molecular complexity index is 372. The van der Waals surface area contributed by atoms with E-state index in [4.69, 9.17) is 10.2 Å². The van der Waals surface area contributed by atoms with E-state index in [1.807, 2.05) is 0 Å². The van der Waals surface area contributed by atoms with Crippen molar-refractivity contribution in [3.8, 4) is 0 Å². The van der Waals surface area contributed by atoms with Crippen molar-refractivity contribution in [3.05, 3.63) is 0 Å². The summed E-state index contributed by atoms with van der Waals surface area (Å²) in [6.07, 6.45) is 4.57. The lowest BCUT2D eigenvalue weighted by Gasteiger charge is -2.24. The third-order valence-electron chi connectivity index (χ3n) is 3.66. The summed E-state index contributed by atoms with van der Waals surface area (Å²) >= 11 is 0. The summed E-state index contributed by atoms with van der Waals surface area (Å²) in [4.78, 5) is 33.2. The number of hydrogen-bond acceptors (Lipinski definition) is 3. The molecule has 0 aromatic carbocycles. The Morgan fingerprint density at radius 1 is 1.15 bits per heavy atom. The van der Waals surface area contributed by atoms with Gasteiger partial charge < -0.3 is 20.8 Å². The molecule has 1 rings (SSSR count). The number of carboxylic acids is 2. The van der Waals surface area contributed by atoms with E-state index >= 15 is 0 Å². The van der Waals surface area contributed by atoms with Crippen LogP contribution in [0, 0.1) is 5.92 Å². The van der Waals surface area contributed by atoms with Crippen LogP contribution in [0.15, 0.2) is 0 Å². The number of carboxylic acid groups (broad SMARTS) is 2. The van der Waals surface area contributed by atoms with Crippen molar-refractivity contribution in [2.45, 2.75) is 57.5 Å². The molecule has 0 aromatic rings. The molecular formula is C13H22N2O5. The average molecular weight is 286 g/mol. The van der Waals surface area contributed by atoms with E-state index in [1.165, 1.54) is 0 Å². The first-order valence-electron chi connectivity index (χ1n) is 6.91. The first-order chi connectivity index (χ1) is 9.40. The van der Waals surface area contributed by atoms with Crippen LogP contribution in [0.5, 0.6) is 0 Å². The number of carbonyl (C=O) groups excluding carboxylic acids is 1. The van der Waals surface area contributed by atoms with Crippen LogP contribution < -0.4 is 10.6 Å². The maximum Gasteiger partial charge on any atom is 0.326 e. The Balaban J connectivity index is 2.51. The molecule has 1 saturated carbocycles. The second kappa shape index (κ2) is 7.72. The molecular weight excluding hydrogens is 264 g/mol. The van der Waals surface area contributed by atoms with E-state index in [0.717, 1.165) is 32.1 Å². The predicted octanol–water partition coefficient (Wildman–Crippen LogP) is 1.18. The highest BCUT2D eigenvalue weighted by Gasteiger charge is 2.26. The van der Waals surface area contributed by atoms with Crippen molar-refractivity contribution in [3.63, 3.8) is 0 Å². The molecule has 0 aliphatic heterocycles. The smallest absolute Gasteiger partial charge is 0.326 e. The molecule has 4 N–H and O–H groups in total. The van der Waals surface area contributed by atoms with Crippen LogP contribution in [-0.2, 0) is 9.59 Å². The molecule has 7 heteroatoms. The number of aliphatic carboxylic acids is 2. The fraction of sp³-hybridized carbons (Fsp3) is 0.769. The summed E-state index contributed by atoms with van der Waals surface area (Å²) in [7, 11) is 0. The minimum atomic E-state index is -1.41. The highest BCUT2D eigenvalue weighted by Crippen LogP contribution is 2.22. The molecule has 0 bridgehead atoms. The summed E-state index contributed by atoms with van der Waals surface area (Å²) in [6, 6.07) is -2.01. The fourth-order valence-corrected chi connectivity index (χ4v) is 2.45. The molecule has 20 heavy (non-hydrogen) atoms. The quantitative estimate of drug-likeness (QED) is 0.566. The van der Waals surface area contributed by atoms with Crippen LogP contribution in [0.4, 0.5) is 4.79 Å². The zero-order chi connectivity index (χ0) is 15.1. The van der Waals surface area contributed by atoms with Crippen molar-refractivity contribution < 1.29 is 24.6 Å². The van der Waals surface area contributed by atoms with Gasteiger partial charge in [0, 0.05) is 6.04 Å². The lowest BCUT2D eigenvalue weighted by atomic mass is 9.97. The fourth-order valence-electron chi connectivity index (χ4n) is 2.45. The molecule has 0 radical (unpaired) electrons. The van der Waals surface area contributed by atoms with Gasteiger partial charge in [0.2, 0.25) is 0 Å². The molecule has 1 fully saturated rings. The van der Waals surface area contributed by atoms with Crippen LogP contribution in [-0.4, -0.2) is 40.3 Å². The Morgan fingerprint density at radius 3 is 2.40 bits per heavy atom. The third-order valence-corrected chi connectivity index (χ3v) is 3.66. The monoisotopic (exact) mass is 286 g/mol. The zero-order valence-corrected chi connectivity index (χ0v) is 11.6. The van der Waals surface area contributed by atoms with Crippen molar-refractivity contribution in [1.29, 1.82) is 0 Å². The lowest BCUT2D eigenvalue weighted by Crippen LogP contribution is -2.50. The number of urea groups is 1. The van der Waals surface area contributed by atoms with Gasteiger partial charge in [-0.25, -0.2) is 9.59 Å². The van der Waals surface area contributed by atoms with E-state index in [9.17, 15) is 14.4 Å². The van der Waals surface area contributed by atoms with E-state index in [-0.39, 0.29) is 6.04 Å². The first kappa shape index (κ1) is 16.3. The van der Waals surface area contributed by atoms with Crippen molar-refractivity contribution in [2.24, 2.45) is 5.92 Å². The van der Waals surface area contributed by atoms with Gasteiger partial charge in [-0.05, 0) is 18.8 Å². The molecule has 114 valence electrons. The number of hydrogen-bond donors (Lipinski definition) is 4. The summed E-state index contributed by atoms with van der Waals surface area (Å²) in [5.41, 5.74) is 0. The average Bonchev–Trinajstić information content (AvgIpc) is 2.53. The molecule has 1 aliphatic carbocycles. The first-order valence-corrected chi connectivity index (χ1v) is 6.91. The Hall–Kier alpha value is -1.79. The Labute approximate surface area is 117 Å². The largest absolute Gasteiger partial charge is 0.481 e. The number of rotatable bonds is 5. The highest BCUT2D eigenvalue weighted by molar-refractivity contribution is 5.86. The Morgan fingerprint density at radius 2 is 1.80 bits per heavy atom. The summed E-state index contributed by atoms with van der Waals surface area (Å²) < 4.78 is 0. The second-order valence-corrected chi connectivity index (χ2v) is 5.33. The van der Waals surface area contributed by atoms with Gasteiger partial charge in [-0.1, -0.05) is 26.2 Å². The van der Waals surface area contributed by atoms with E-state index in [1.54, 1.807) is 0 Å². The maximum atomic E-state index is 11.8. The van der Waals surface area contributed by atoms with E-state index in [0.29, 0.717) is 5.92 Å². The van der Waals surface area contributed by atoms with Gasteiger partial charge in [0.25, 0.3) is 0 Å². The van der Waals surface area contributed by atoms with Crippen LogP contribution in [0.1, 0.15) is 45.4 Å². The summed E-state index contributed by atoms with van der Waals surface area (Å²) in [6.45, 7) is 2.06. The molecule has 2 amide bonds. The topological polar surface area (TPSA) is 116 Å². The van der Waals surface area contributed by atoms with Gasteiger partial charge in [0.05, 0.1) is 6.42 Å². The van der Waals surface area contributed by atoms with Crippen molar-refractivity contribution in [2.75, 3.05) is 0 Å². The number of amides is 2. The SMILES string of the molecule is CC1CCCCCC1NC(=O)NC(CC(=O)O)C(=O)O. The minimum absolute atomic E-state index is 0.0109. The van der Waals surface area contributed by atoms with Crippen LogP contribution in [0.3, 0.4) is 0 Å². The van der Waals surface area contributed by atoms with Gasteiger partial charge in [-0.15, -0.1) is 0 Å². The molecule has 0 aromatic heterocycles. The molecule has 7 nitrogen and oxygen atoms in total. The summed E-state index contributed by atoms with van der Waals surface area (Å²) in [5.74, 6) is -2.27. The standard InChI is InChI=1S/C13H22N2O5/c1-8-5-3-2-4-6-9(8)14-13(20)15-10(12(18)19)7-11(16)17/h8-10H,2-7H2,1H3,(H,16,17)(H,18,19)(H2,14,15,20). The van der Waals surface area contributed by atoms with Gasteiger partial charge in [0.1, 0.15) is 6.04 Å². The predicted molar refractivity (Wildman–Crippen MR) is 71.4 cm³/mol. The molecule has 0 heterocycles. The maximum absolute atomic E-state index is 11.8. The second-order valence-electron chi connectivity index (χ2n) is 5.33. The molecule has 0 saturated heterocycles. The van der Waals surface area contributed by atoms with Crippen LogP contribution in [0.25, 0.3) is 0 Å². The Kier molecular flexibility index (Phi) is 6.27. The zero-order valence-electron chi connectivity index (χ0n) is 11.6. The normalized spacial score (nSPS) is 24.2. The molecule has 3 atom stereocenters. The summed E-state index contributed by atoms with van der Waals surface area (Å²) in [5, 5.41) is 22.4. The molecule has 0 spiro atoms. The van der Waals surface area contributed by atoms with Crippen LogP contribution in [0.2, 0.25) is 0 Å². The molecule has 1 aliphatic rings.